The lowest BCUT2D eigenvalue weighted by molar-refractivity contribution is -0.149. The van der Waals surface area contributed by atoms with Crippen LogP contribution >= 0.6 is 0 Å². The van der Waals surface area contributed by atoms with Gasteiger partial charge in [0.1, 0.15) is 0 Å². The van der Waals surface area contributed by atoms with Crippen molar-refractivity contribution in [2.75, 3.05) is 13.7 Å². The van der Waals surface area contributed by atoms with Crippen molar-refractivity contribution in [3.8, 4) is 0 Å². The van der Waals surface area contributed by atoms with Crippen LogP contribution < -0.4 is 0 Å². The molecule has 1 heterocycles. The molecule has 2 aliphatic rings. The molecule has 0 saturated carbocycles. The zero-order valence-corrected chi connectivity index (χ0v) is 17.2. The van der Waals surface area contributed by atoms with Crippen molar-refractivity contribution in [3.05, 3.63) is 34.9 Å². The number of hydrogen-bond donors (Lipinski definition) is 1. The lowest BCUT2D eigenvalue weighted by Gasteiger charge is -2.33. The van der Waals surface area contributed by atoms with Crippen LogP contribution in [-0.4, -0.2) is 36.4 Å². The minimum Gasteiger partial charge on any atom is -0.467 e. The van der Waals surface area contributed by atoms with Crippen LogP contribution in [0.15, 0.2) is 45.2 Å². The number of carbonyl (C=O) groups is 1. The number of rotatable bonds is 2. The third-order valence-electron chi connectivity index (χ3n) is 5.91. The van der Waals surface area contributed by atoms with Crippen LogP contribution in [-0.2, 0) is 9.53 Å². The third kappa shape index (κ3) is 5.61. The molecular formula is C22H34N2O3. The van der Waals surface area contributed by atoms with E-state index in [-0.39, 0.29) is 11.9 Å². The molecule has 0 aromatic rings. The molecule has 0 aromatic carbocycles. The van der Waals surface area contributed by atoms with E-state index in [9.17, 15) is 9.90 Å². The molecule has 0 bridgehead atoms. The van der Waals surface area contributed by atoms with Gasteiger partial charge in [-0.05, 0) is 70.8 Å². The van der Waals surface area contributed by atoms with Gasteiger partial charge >= 0.3 is 5.97 Å². The average molecular weight is 375 g/mol. The Morgan fingerprint density at radius 2 is 1.93 bits per heavy atom. The van der Waals surface area contributed by atoms with Crippen LogP contribution in [0.2, 0.25) is 0 Å². The van der Waals surface area contributed by atoms with Crippen molar-refractivity contribution in [3.63, 3.8) is 0 Å². The highest BCUT2D eigenvalue weighted by Crippen LogP contribution is 2.39. The fourth-order valence-electron chi connectivity index (χ4n) is 3.96. The molecule has 0 spiro atoms. The molecule has 0 saturated heterocycles. The van der Waals surface area contributed by atoms with Crippen molar-refractivity contribution in [1.82, 2.24) is 0 Å². The zero-order valence-electron chi connectivity index (χ0n) is 17.2. The van der Waals surface area contributed by atoms with Gasteiger partial charge in [0, 0.05) is 6.42 Å². The second-order valence-electron chi connectivity index (χ2n) is 7.94. The van der Waals surface area contributed by atoms with E-state index in [1.54, 1.807) is 0 Å². The van der Waals surface area contributed by atoms with Gasteiger partial charge in [-0.3, -0.25) is 0 Å². The maximum absolute atomic E-state index is 12.6. The van der Waals surface area contributed by atoms with Crippen LogP contribution in [0, 0.1) is 5.92 Å². The maximum Gasteiger partial charge on any atom is 0.336 e. The highest BCUT2D eigenvalue weighted by atomic mass is 16.5. The Bertz CT molecular complexity index is 648. The summed E-state index contributed by atoms with van der Waals surface area (Å²) < 4.78 is 5.09. The molecule has 27 heavy (non-hydrogen) atoms. The number of methoxy groups -OCH3 is 1. The molecule has 3 atom stereocenters. The first kappa shape index (κ1) is 21.5. The summed E-state index contributed by atoms with van der Waals surface area (Å²) in [5.41, 5.74) is 2.69. The number of nitrogens with zero attached hydrogens (tertiary/aromatic N) is 2. The van der Waals surface area contributed by atoms with Gasteiger partial charge in [-0.2, -0.15) is 10.2 Å². The van der Waals surface area contributed by atoms with Gasteiger partial charge in [0.2, 0.25) is 0 Å². The summed E-state index contributed by atoms with van der Waals surface area (Å²) in [6, 6.07) is 0. The van der Waals surface area contributed by atoms with E-state index in [0.717, 1.165) is 37.7 Å². The lowest BCUT2D eigenvalue weighted by Crippen LogP contribution is -2.45. The topological polar surface area (TPSA) is 71.2 Å². The van der Waals surface area contributed by atoms with E-state index in [2.05, 4.69) is 42.3 Å². The SMILES string of the molecule is COC(=O)C1([C@H]2CC/C(C)=C\CC/C(C)=C\C/C=C(/C)[C@H](O)C2)CCN=N1. The monoisotopic (exact) mass is 374 g/mol. The molecule has 0 fully saturated rings. The molecular weight excluding hydrogens is 340 g/mol. The van der Waals surface area contributed by atoms with E-state index < -0.39 is 11.6 Å². The number of azo groups is 1. The highest BCUT2D eigenvalue weighted by molar-refractivity contribution is 5.81. The Balaban J connectivity index is 2.32. The van der Waals surface area contributed by atoms with Gasteiger partial charge in [0.25, 0.3) is 0 Å². The lowest BCUT2D eigenvalue weighted by atomic mass is 9.75. The average Bonchev–Trinajstić information content (AvgIpc) is 3.14. The second-order valence-corrected chi connectivity index (χ2v) is 7.94. The number of ether oxygens (including phenoxy) is 1. The van der Waals surface area contributed by atoms with Crippen molar-refractivity contribution < 1.29 is 14.6 Å². The van der Waals surface area contributed by atoms with Gasteiger partial charge in [0.05, 0.1) is 19.8 Å². The summed E-state index contributed by atoms with van der Waals surface area (Å²) in [7, 11) is 1.41. The molecule has 5 nitrogen and oxygen atoms in total. The predicted octanol–water partition coefficient (Wildman–Crippen LogP) is 4.92. The summed E-state index contributed by atoms with van der Waals surface area (Å²) >= 11 is 0. The summed E-state index contributed by atoms with van der Waals surface area (Å²) in [6.45, 7) is 6.80. The molecule has 1 aliphatic heterocycles. The molecule has 0 radical (unpaired) electrons. The fourth-order valence-corrected chi connectivity index (χ4v) is 3.96. The molecule has 2 rings (SSSR count). The summed E-state index contributed by atoms with van der Waals surface area (Å²) in [6.07, 6.45) is 11.6. The van der Waals surface area contributed by atoms with Crippen LogP contribution in [0.4, 0.5) is 0 Å². The first-order valence-electron chi connectivity index (χ1n) is 10.0. The fraction of sp³-hybridized carbons (Fsp3) is 0.682. The van der Waals surface area contributed by atoms with Gasteiger partial charge in [0.15, 0.2) is 5.54 Å². The quantitative estimate of drug-likeness (QED) is 0.550. The summed E-state index contributed by atoms with van der Waals surface area (Å²) in [4.78, 5) is 12.6. The van der Waals surface area contributed by atoms with E-state index in [0.29, 0.717) is 19.4 Å². The van der Waals surface area contributed by atoms with E-state index in [4.69, 9.17) is 4.74 Å². The number of esters is 1. The van der Waals surface area contributed by atoms with Crippen molar-refractivity contribution in [2.45, 2.75) is 77.4 Å². The number of carbonyl (C=O) groups excluding carboxylic acids is 1. The Morgan fingerprint density at radius 1 is 1.19 bits per heavy atom. The molecule has 1 aliphatic carbocycles. The van der Waals surface area contributed by atoms with Gasteiger partial charge in [-0.15, -0.1) is 0 Å². The largest absolute Gasteiger partial charge is 0.467 e. The van der Waals surface area contributed by atoms with Crippen molar-refractivity contribution in [1.29, 1.82) is 0 Å². The van der Waals surface area contributed by atoms with E-state index in [1.165, 1.54) is 18.3 Å². The summed E-state index contributed by atoms with van der Waals surface area (Å²) in [5, 5.41) is 19.3. The van der Waals surface area contributed by atoms with Crippen LogP contribution in [0.1, 0.15) is 65.7 Å². The van der Waals surface area contributed by atoms with Crippen LogP contribution in [0.5, 0.6) is 0 Å². The Hall–Kier alpha value is -1.75. The van der Waals surface area contributed by atoms with Gasteiger partial charge in [-0.25, -0.2) is 4.79 Å². The Labute approximate surface area is 163 Å². The summed E-state index contributed by atoms with van der Waals surface area (Å²) in [5.74, 6) is -0.429. The third-order valence-corrected chi connectivity index (χ3v) is 5.91. The molecule has 1 unspecified atom stereocenters. The molecule has 0 amide bonds. The predicted molar refractivity (Wildman–Crippen MR) is 108 cm³/mol. The van der Waals surface area contributed by atoms with E-state index in [1.807, 2.05) is 6.92 Å². The smallest absolute Gasteiger partial charge is 0.336 e. The number of allylic oxidation sites excluding steroid dienone is 5. The normalized spacial score (nSPS) is 36.6. The highest BCUT2D eigenvalue weighted by Gasteiger charge is 2.49. The van der Waals surface area contributed by atoms with Crippen molar-refractivity contribution in [2.24, 2.45) is 16.1 Å². The first-order valence-corrected chi connectivity index (χ1v) is 10.0. The van der Waals surface area contributed by atoms with Crippen LogP contribution in [0.3, 0.4) is 0 Å². The van der Waals surface area contributed by atoms with Crippen molar-refractivity contribution >= 4 is 5.97 Å². The Morgan fingerprint density at radius 3 is 2.59 bits per heavy atom. The zero-order chi connectivity index (χ0) is 19.9. The maximum atomic E-state index is 12.6. The number of hydrogen-bond acceptors (Lipinski definition) is 5. The number of aliphatic hydroxyl groups is 1. The Kier molecular flexibility index (Phi) is 7.96. The minimum atomic E-state index is -0.955. The molecule has 5 heteroatoms. The molecule has 1 N–H and O–H groups in total. The first-order chi connectivity index (χ1) is 12.9. The van der Waals surface area contributed by atoms with Gasteiger partial charge in [-0.1, -0.05) is 29.4 Å². The minimum absolute atomic E-state index is 0.0990. The standard InChI is InChI=1S/C22H34N2O3/c1-16-7-5-8-17(2)11-12-19(15-20(25)18(3)10-6-9-16)22(21(26)27-4)13-14-23-24-22/h8-10,19-20,25H,5-7,11-15H2,1-4H3/b16-9-,17-8-,18-10-/t19-,20+,22?/m0/s1. The number of aliphatic hydroxyl groups excluding tert-OH is 1. The van der Waals surface area contributed by atoms with Crippen LogP contribution in [0.25, 0.3) is 0 Å². The molecule has 150 valence electrons. The van der Waals surface area contributed by atoms with E-state index >= 15 is 0 Å². The molecule has 0 aromatic heterocycles. The second kappa shape index (κ2) is 9.98. The van der Waals surface area contributed by atoms with Gasteiger partial charge < -0.3 is 9.84 Å².